The van der Waals surface area contributed by atoms with Gasteiger partial charge in [-0.1, -0.05) is 24.3 Å². The Balaban J connectivity index is 1.63. The Morgan fingerprint density at radius 2 is 2.14 bits per heavy atom. The number of rotatable bonds is 4. The van der Waals surface area contributed by atoms with Crippen LogP contribution in [-0.4, -0.2) is 20.7 Å². The van der Waals surface area contributed by atoms with Crippen molar-refractivity contribution in [3.05, 3.63) is 54.6 Å². The summed E-state index contributed by atoms with van der Waals surface area (Å²) in [6, 6.07) is 8.00. The topological polar surface area (TPSA) is 59.8 Å². The molecule has 22 heavy (non-hydrogen) atoms. The summed E-state index contributed by atoms with van der Waals surface area (Å²) in [7, 11) is 0. The van der Waals surface area contributed by atoms with Crippen molar-refractivity contribution in [3.63, 3.8) is 0 Å². The Bertz CT molecular complexity index is 646. The van der Waals surface area contributed by atoms with Crippen LogP contribution < -0.4 is 5.32 Å². The maximum Gasteiger partial charge on any atom is 0.223 e. The monoisotopic (exact) mass is 296 g/mol. The summed E-state index contributed by atoms with van der Waals surface area (Å²) in [5, 5.41) is 7.21. The first-order chi connectivity index (χ1) is 10.7. The highest BCUT2D eigenvalue weighted by atomic mass is 16.1. The lowest BCUT2D eigenvalue weighted by molar-refractivity contribution is -0.125. The minimum absolute atomic E-state index is 0.00297. The van der Waals surface area contributed by atoms with E-state index in [1.807, 2.05) is 31.2 Å². The Morgan fingerprint density at radius 3 is 2.77 bits per heavy atom. The van der Waals surface area contributed by atoms with E-state index in [0.717, 1.165) is 30.5 Å². The molecule has 0 spiro atoms. The Labute approximate surface area is 130 Å². The molecule has 2 aromatic rings. The standard InChI is InChI=1S/C17H20N4O/c1-13(20-17(22)15-5-3-2-4-6-15)14-7-9-16(10-8-14)21-12-18-11-19-21/h2-3,7-13,15H,4-6H2,1H3,(H,20,22)/t13-,15+/m0/s1. The first-order valence-electron chi connectivity index (χ1n) is 7.64. The molecule has 0 bridgehead atoms. The fraction of sp³-hybridized carbons (Fsp3) is 0.353. The van der Waals surface area contributed by atoms with Gasteiger partial charge >= 0.3 is 0 Å². The first kappa shape index (κ1) is 14.5. The molecule has 1 aromatic heterocycles. The van der Waals surface area contributed by atoms with Crippen molar-refractivity contribution in [3.8, 4) is 5.69 Å². The molecule has 0 unspecified atom stereocenters. The zero-order chi connectivity index (χ0) is 15.4. The van der Waals surface area contributed by atoms with Crippen LogP contribution in [0.2, 0.25) is 0 Å². The number of hydrogen-bond donors (Lipinski definition) is 1. The van der Waals surface area contributed by atoms with Gasteiger partial charge in [0.15, 0.2) is 0 Å². The third-order valence-electron chi connectivity index (χ3n) is 4.07. The largest absolute Gasteiger partial charge is 0.349 e. The van der Waals surface area contributed by atoms with Crippen molar-refractivity contribution in [2.24, 2.45) is 5.92 Å². The van der Waals surface area contributed by atoms with Crippen LogP contribution in [0.15, 0.2) is 49.1 Å². The number of nitrogens with one attached hydrogen (secondary N) is 1. The molecule has 2 atom stereocenters. The fourth-order valence-electron chi connectivity index (χ4n) is 2.70. The fourth-order valence-corrected chi connectivity index (χ4v) is 2.70. The number of benzene rings is 1. The third kappa shape index (κ3) is 3.24. The lowest BCUT2D eigenvalue weighted by Gasteiger charge is -2.21. The molecule has 5 heteroatoms. The maximum atomic E-state index is 12.3. The van der Waals surface area contributed by atoms with Gasteiger partial charge in [0.25, 0.3) is 0 Å². The molecule has 1 aliphatic carbocycles. The lowest BCUT2D eigenvalue weighted by atomic mass is 9.93. The van der Waals surface area contributed by atoms with E-state index >= 15 is 0 Å². The number of allylic oxidation sites excluding steroid dienone is 2. The van der Waals surface area contributed by atoms with Gasteiger partial charge in [-0.2, -0.15) is 5.10 Å². The summed E-state index contributed by atoms with van der Waals surface area (Å²) in [6.45, 7) is 2.01. The number of carbonyl (C=O) groups excluding carboxylic acids is 1. The van der Waals surface area contributed by atoms with E-state index in [4.69, 9.17) is 0 Å². The van der Waals surface area contributed by atoms with E-state index < -0.39 is 0 Å². The van der Waals surface area contributed by atoms with E-state index in [0.29, 0.717) is 0 Å². The van der Waals surface area contributed by atoms with Gasteiger partial charge in [-0.3, -0.25) is 4.79 Å². The second kappa shape index (κ2) is 6.56. The number of nitrogens with zero attached hydrogens (tertiary/aromatic N) is 3. The number of aromatic nitrogens is 3. The van der Waals surface area contributed by atoms with Gasteiger partial charge in [-0.05, 0) is 43.9 Å². The third-order valence-corrected chi connectivity index (χ3v) is 4.07. The summed E-state index contributed by atoms with van der Waals surface area (Å²) in [5.74, 6) is 0.263. The normalized spacial score (nSPS) is 18.9. The van der Waals surface area contributed by atoms with Crippen LogP contribution in [0.4, 0.5) is 0 Å². The molecule has 3 rings (SSSR count). The van der Waals surface area contributed by atoms with Crippen molar-refractivity contribution < 1.29 is 4.79 Å². The number of hydrogen-bond acceptors (Lipinski definition) is 3. The smallest absolute Gasteiger partial charge is 0.223 e. The van der Waals surface area contributed by atoms with E-state index in [1.165, 1.54) is 6.33 Å². The van der Waals surface area contributed by atoms with E-state index in [2.05, 4.69) is 27.6 Å². The highest BCUT2D eigenvalue weighted by molar-refractivity contribution is 5.79. The molecule has 114 valence electrons. The molecule has 5 nitrogen and oxygen atoms in total. The van der Waals surface area contributed by atoms with Crippen molar-refractivity contribution >= 4 is 5.91 Å². The van der Waals surface area contributed by atoms with Crippen molar-refractivity contribution in [2.75, 3.05) is 0 Å². The molecule has 1 amide bonds. The summed E-state index contributed by atoms with van der Waals surface area (Å²) >= 11 is 0. The minimum Gasteiger partial charge on any atom is -0.349 e. The summed E-state index contributed by atoms with van der Waals surface area (Å²) in [6.07, 6.45) is 10.2. The van der Waals surface area contributed by atoms with Gasteiger partial charge in [0.1, 0.15) is 12.7 Å². The van der Waals surface area contributed by atoms with Crippen molar-refractivity contribution in [1.82, 2.24) is 20.1 Å². The number of amides is 1. The lowest BCUT2D eigenvalue weighted by Crippen LogP contribution is -2.33. The first-order valence-corrected chi connectivity index (χ1v) is 7.64. The summed E-state index contributed by atoms with van der Waals surface area (Å²) in [4.78, 5) is 16.2. The van der Waals surface area contributed by atoms with Crippen LogP contribution in [0.25, 0.3) is 5.69 Å². The molecule has 0 radical (unpaired) electrons. The molecular weight excluding hydrogens is 276 g/mol. The van der Waals surface area contributed by atoms with Crippen molar-refractivity contribution in [2.45, 2.75) is 32.2 Å². The highest BCUT2D eigenvalue weighted by Gasteiger charge is 2.20. The van der Waals surface area contributed by atoms with Gasteiger partial charge in [0.05, 0.1) is 11.7 Å². The van der Waals surface area contributed by atoms with Crippen molar-refractivity contribution in [1.29, 1.82) is 0 Å². The van der Waals surface area contributed by atoms with Crippen LogP contribution in [-0.2, 0) is 4.79 Å². The highest BCUT2D eigenvalue weighted by Crippen LogP contribution is 2.21. The van der Waals surface area contributed by atoms with E-state index in [1.54, 1.807) is 11.0 Å². The zero-order valence-corrected chi connectivity index (χ0v) is 12.6. The molecular formula is C17H20N4O. The second-order valence-electron chi connectivity index (χ2n) is 5.64. The van der Waals surface area contributed by atoms with Crippen LogP contribution in [0.1, 0.15) is 37.8 Å². The Morgan fingerprint density at radius 1 is 1.32 bits per heavy atom. The van der Waals surface area contributed by atoms with E-state index in [9.17, 15) is 4.79 Å². The Kier molecular flexibility index (Phi) is 4.32. The van der Waals surface area contributed by atoms with Gasteiger partial charge in [0, 0.05) is 5.92 Å². The Hall–Kier alpha value is -2.43. The van der Waals surface area contributed by atoms with Crippen LogP contribution >= 0.6 is 0 Å². The summed E-state index contributed by atoms with van der Waals surface area (Å²) < 4.78 is 1.71. The average molecular weight is 296 g/mol. The molecule has 1 aromatic carbocycles. The van der Waals surface area contributed by atoms with E-state index in [-0.39, 0.29) is 17.9 Å². The van der Waals surface area contributed by atoms with Gasteiger partial charge in [-0.25, -0.2) is 9.67 Å². The van der Waals surface area contributed by atoms with Gasteiger partial charge in [-0.15, -0.1) is 0 Å². The van der Waals surface area contributed by atoms with Gasteiger partial charge < -0.3 is 5.32 Å². The predicted octanol–water partition coefficient (Wildman–Crippen LogP) is 2.80. The SMILES string of the molecule is C[C@H](NC(=O)[C@@H]1CC=CCC1)c1ccc(-n2cncn2)cc1. The molecule has 1 aliphatic rings. The molecule has 1 heterocycles. The summed E-state index contributed by atoms with van der Waals surface area (Å²) in [5.41, 5.74) is 2.04. The van der Waals surface area contributed by atoms with Crippen LogP contribution in [0.3, 0.4) is 0 Å². The maximum absolute atomic E-state index is 12.3. The zero-order valence-electron chi connectivity index (χ0n) is 12.6. The molecule has 0 fully saturated rings. The molecule has 0 aliphatic heterocycles. The minimum atomic E-state index is 0.00297. The molecule has 0 saturated carbocycles. The second-order valence-corrected chi connectivity index (χ2v) is 5.64. The predicted molar refractivity (Wildman–Crippen MR) is 84.4 cm³/mol. The average Bonchev–Trinajstić information content (AvgIpc) is 3.10. The number of carbonyl (C=O) groups is 1. The molecule has 0 saturated heterocycles. The van der Waals surface area contributed by atoms with Crippen LogP contribution in [0.5, 0.6) is 0 Å². The quantitative estimate of drug-likeness (QED) is 0.883. The van der Waals surface area contributed by atoms with Crippen LogP contribution in [0, 0.1) is 5.92 Å². The molecule has 1 N–H and O–H groups in total. The van der Waals surface area contributed by atoms with Gasteiger partial charge in [0.2, 0.25) is 5.91 Å².